The Morgan fingerprint density at radius 1 is 1.23 bits per heavy atom. The number of thiophene rings is 1. The van der Waals surface area contributed by atoms with Crippen LogP contribution in [0.4, 0.5) is 5.00 Å². The number of hydrogen-bond acceptors (Lipinski definition) is 7. The molecule has 0 saturated heterocycles. The number of ether oxygens (including phenoxy) is 1. The van der Waals surface area contributed by atoms with Gasteiger partial charge in [-0.05, 0) is 38.7 Å². The average Bonchev–Trinajstić information content (AvgIpc) is 3.30. The van der Waals surface area contributed by atoms with Gasteiger partial charge in [0.15, 0.2) is 5.16 Å². The number of aromatic nitrogens is 3. The second kappa shape index (κ2) is 11.1. The molecule has 0 aliphatic heterocycles. The number of carbonyl (C=O) groups is 2. The summed E-state index contributed by atoms with van der Waals surface area (Å²) in [4.78, 5) is 25.7. The number of aryl methyl sites for hydroxylation is 2. The van der Waals surface area contributed by atoms with Crippen molar-refractivity contribution in [3.63, 3.8) is 0 Å². The number of rotatable bonds is 9. The van der Waals surface area contributed by atoms with Gasteiger partial charge in [-0.25, -0.2) is 4.79 Å². The Hall–Kier alpha value is -1.87. The maximum atomic E-state index is 12.6. The molecule has 1 aliphatic rings. The Labute approximate surface area is 192 Å². The summed E-state index contributed by atoms with van der Waals surface area (Å²) in [5.41, 5.74) is 1.28. The van der Waals surface area contributed by atoms with Crippen LogP contribution < -0.4 is 5.32 Å². The first-order chi connectivity index (χ1) is 14.9. The average molecular weight is 465 g/mol. The van der Waals surface area contributed by atoms with Gasteiger partial charge in [0.05, 0.1) is 18.4 Å². The van der Waals surface area contributed by atoms with Crippen molar-refractivity contribution in [1.82, 2.24) is 14.8 Å². The van der Waals surface area contributed by atoms with Crippen LogP contribution in [0.25, 0.3) is 0 Å². The predicted octanol–water partition coefficient (Wildman–Crippen LogP) is 5.01. The van der Waals surface area contributed by atoms with Crippen molar-refractivity contribution >= 4 is 40.0 Å². The van der Waals surface area contributed by atoms with Gasteiger partial charge < -0.3 is 14.6 Å². The number of hydrogen-bond donors (Lipinski definition) is 1. The first-order valence-corrected chi connectivity index (χ1v) is 12.8. The Kier molecular flexibility index (Phi) is 8.54. The Morgan fingerprint density at radius 3 is 2.65 bits per heavy atom. The predicted molar refractivity (Wildman–Crippen MR) is 125 cm³/mol. The molecular weight excluding hydrogens is 432 g/mol. The van der Waals surface area contributed by atoms with Gasteiger partial charge in [-0.15, -0.1) is 21.5 Å². The van der Waals surface area contributed by atoms with E-state index in [1.54, 1.807) is 0 Å². The zero-order valence-electron chi connectivity index (χ0n) is 18.8. The van der Waals surface area contributed by atoms with E-state index in [0.29, 0.717) is 10.6 Å². The molecule has 0 aromatic carbocycles. The minimum absolute atomic E-state index is 0.175. The highest BCUT2D eigenvalue weighted by molar-refractivity contribution is 7.99. The van der Waals surface area contributed by atoms with E-state index in [1.807, 2.05) is 13.8 Å². The number of thioether (sulfide) groups is 1. The summed E-state index contributed by atoms with van der Waals surface area (Å²) in [5.74, 6) is 1.41. The van der Waals surface area contributed by atoms with E-state index in [0.717, 1.165) is 46.7 Å². The molecular formula is C22H32N4O3S2. The summed E-state index contributed by atoms with van der Waals surface area (Å²) in [5, 5.41) is 12.9. The lowest BCUT2D eigenvalue weighted by molar-refractivity contribution is -0.113. The van der Waals surface area contributed by atoms with Gasteiger partial charge in [0.1, 0.15) is 10.8 Å². The zero-order valence-corrected chi connectivity index (χ0v) is 20.5. The molecule has 2 aromatic heterocycles. The van der Waals surface area contributed by atoms with Crippen LogP contribution in [0.5, 0.6) is 0 Å². The fourth-order valence-electron chi connectivity index (χ4n) is 4.09. The number of amides is 1. The highest BCUT2D eigenvalue weighted by atomic mass is 32.2. The molecule has 1 amide bonds. The van der Waals surface area contributed by atoms with Gasteiger partial charge in [-0.3, -0.25) is 4.79 Å². The summed E-state index contributed by atoms with van der Waals surface area (Å²) in [6, 6.07) is 0. The molecule has 31 heavy (non-hydrogen) atoms. The highest BCUT2D eigenvalue weighted by Gasteiger charge is 2.22. The van der Waals surface area contributed by atoms with Crippen LogP contribution in [-0.4, -0.2) is 39.5 Å². The van der Waals surface area contributed by atoms with Crippen molar-refractivity contribution in [2.24, 2.45) is 5.92 Å². The van der Waals surface area contributed by atoms with Crippen LogP contribution in [0.2, 0.25) is 0 Å². The third-order valence-electron chi connectivity index (χ3n) is 5.97. The standard InChI is InChI=1S/C22H32N4O3S2/c1-5-26-17(12-11-16-9-7-6-8-10-16)24-25-22(26)30-13-18(27)23-20-19(21(28)29-4)14(2)15(3)31-20/h16H,5-13H2,1-4H3,(H,23,27). The second-order valence-electron chi connectivity index (χ2n) is 8.00. The third kappa shape index (κ3) is 5.88. The molecule has 1 N–H and O–H groups in total. The normalized spacial score (nSPS) is 14.6. The SMILES string of the molecule is CCn1c(CCC2CCCCC2)nnc1SCC(=O)Nc1sc(C)c(C)c1C(=O)OC. The largest absolute Gasteiger partial charge is 0.465 e. The summed E-state index contributed by atoms with van der Waals surface area (Å²) < 4.78 is 6.98. The second-order valence-corrected chi connectivity index (χ2v) is 10.2. The molecule has 1 aliphatic carbocycles. The number of nitrogens with one attached hydrogen (secondary N) is 1. The molecule has 7 nitrogen and oxygen atoms in total. The first kappa shape index (κ1) is 23.8. The molecule has 0 atom stereocenters. The van der Waals surface area contributed by atoms with E-state index in [9.17, 15) is 9.59 Å². The van der Waals surface area contributed by atoms with Crippen LogP contribution in [0.3, 0.4) is 0 Å². The first-order valence-electron chi connectivity index (χ1n) is 11.0. The van der Waals surface area contributed by atoms with Crippen molar-refractivity contribution in [2.45, 2.75) is 77.4 Å². The molecule has 1 fully saturated rings. The summed E-state index contributed by atoms with van der Waals surface area (Å²) in [6.07, 6.45) is 8.83. The molecule has 2 heterocycles. The van der Waals surface area contributed by atoms with Crippen LogP contribution in [0.1, 0.15) is 72.1 Å². The maximum Gasteiger partial charge on any atom is 0.341 e. The highest BCUT2D eigenvalue weighted by Crippen LogP contribution is 2.33. The minimum Gasteiger partial charge on any atom is -0.465 e. The zero-order chi connectivity index (χ0) is 22.4. The smallest absolute Gasteiger partial charge is 0.341 e. The van der Waals surface area contributed by atoms with Crippen molar-refractivity contribution in [3.8, 4) is 0 Å². The Balaban J connectivity index is 1.58. The van der Waals surface area contributed by atoms with Gasteiger partial charge in [0, 0.05) is 17.8 Å². The van der Waals surface area contributed by atoms with Crippen molar-refractivity contribution < 1.29 is 14.3 Å². The van der Waals surface area contributed by atoms with E-state index in [1.165, 1.54) is 62.3 Å². The quantitative estimate of drug-likeness (QED) is 0.415. The third-order valence-corrected chi connectivity index (χ3v) is 8.06. The van der Waals surface area contributed by atoms with E-state index < -0.39 is 5.97 Å². The molecule has 2 aromatic rings. The molecule has 3 rings (SSSR count). The molecule has 1 saturated carbocycles. The van der Waals surface area contributed by atoms with Crippen molar-refractivity contribution in [3.05, 3.63) is 21.8 Å². The van der Waals surface area contributed by atoms with E-state index in [2.05, 4.69) is 27.0 Å². The number of methoxy groups -OCH3 is 1. The van der Waals surface area contributed by atoms with Crippen LogP contribution >= 0.6 is 23.1 Å². The number of nitrogens with zero attached hydrogens (tertiary/aromatic N) is 3. The van der Waals surface area contributed by atoms with Gasteiger partial charge in [0.25, 0.3) is 0 Å². The van der Waals surface area contributed by atoms with Crippen molar-refractivity contribution in [2.75, 3.05) is 18.2 Å². The van der Waals surface area contributed by atoms with Gasteiger partial charge in [-0.1, -0.05) is 43.9 Å². The number of esters is 1. The fraction of sp³-hybridized carbons (Fsp3) is 0.636. The monoisotopic (exact) mass is 464 g/mol. The van der Waals surface area contributed by atoms with E-state index in [4.69, 9.17) is 4.74 Å². The lowest BCUT2D eigenvalue weighted by Crippen LogP contribution is -2.16. The molecule has 170 valence electrons. The molecule has 0 radical (unpaired) electrons. The molecule has 0 spiro atoms. The van der Waals surface area contributed by atoms with Gasteiger partial charge in [0.2, 0.25) is 5.91 Å². The summed E-state index contributed by atoms with van der Waals surface area (Å²) in [7, 11) is 1.35. The number of anilines is 1. The van der Waals surface area contributed by atoms with Gasteiger partial charge in [-0.2, -0.15) is 0 Å². The molecule has 0 unspecified atom stereocenters. The lowest BCUT2D eigenvalue weighted by atomic mass is 9.86. The Morgan fingerprint density at radius 2 is 1.97 bits per heavy atom. The van der Waals surface area contributed by atoms with Crippen LogP contribution in [-0.2, 0) is 22.5 Å². The number of carbonyl (C=O) groups excluding carboxylic acids is 2. The lowest BCUT2D eigenvalue weighted by Gasteiger charge is -2.21. The summed E-state index contributed by atoms with van der Waals surface area (Å²) in [6.45, 7) is 6.65. The van der Waals surface area contributed by atoms with Crippen LogP contribution in [0.15, 0.2) is 5.16 Å². The minimum atomic E-state index is -0.432. The topological polar surface area (TPSA) is 86.1 Å². The van der Waals surface area contributed by atoms with Gasteiger partial charge >= 0.3 is 5.97 Å². The van der Waals surface area contributed by atoms with E-state index >= 15 is 0 Å². The molecule has 9 heteroatoms. The summed E-state index contributed by atoms with van der Waals surface area (Å²) >= 11 is 2.77. The Bertz CT molecular complexity index is 916. The molecule has 0 bridgehead atoms. The maximum absolute atomic E-state index is 12.6. The van der Waals surface area contributed by atoms with Crippen molar-refractivity contribution in [1.29, 1.82) is 0 Å². The fourth-order valence-corrected chi connectivity index (χ4v) is 5.98. The van der Waals surface area contributed by atoms with E-state index in [-0.39, 0.29) is 11.7 Å². The van der Waals surface area contributed by atoms with Crippen LogP contribution in [0, 0.1) is 19.8 Å².